The largest absolute Gasteiger partial charge is 0.505 e. The number of benzene rings is 1. The van der Waals surface area contributed by atoms with E-state index in [1.807, 2.05) is 0 Å². The quantitative estimate of drug-likeness (QED) is 0.679. The van der Waals surface area contributed by atoms with Gasteiger partial charge in [0.15, 0.2) is 5.71 Å². The third kappa shape index (κ3) is 3.94. The Bertz CT molecular complexity index is 916. The number of aliphatic hydroxyl groups excluding tert-OH is 2. The minimum atomic E-state index is -4.46. The number of hydrazone groups is 1. The molecule has 1 saturated carbocycles. The average molecular weight is 423 g/mol. The van der Waals surface area contributed by atoms with Gasteiger partial charge in [0.2, 0.25) is 0 Å². The van der Waals surface area contributed by atoms with Gasteiger partial charge in [0.05, 0.1) is 18.7 Å². The third-order valence-corrected chi connectivity index (χ3v) is 5.78. The van der Waals surface area contributed by atoms with Crippen LogP contribution >= 0.6 is 0 Å². The highest BCUT2D eigenvalue weighted by molar-refractivity contribution is 6.46. The Labute approximate surface area is 172 Å². The van der Waals surface area contributed by atoms with Crippen LogP contribution in [0, 0.1) is 0 Å². The molecule has 6 nitrogen and oxygen atoms in total. The van der Waals surface area contributed by atoms with Gasteiger partial charge in [-0.3, -0.25) is 9.80 Å². The highest BCUT2D eigenvalue weighted by atomic mass is 19.4. The maximum absolute atomic E-state index is 13.3. The summed E-state index contributed by atoms with van der Waals surface area (Å²) in [4.78, 5) is 12.2. The maximum atomic E-state index is 13.3. The lowest BCUT2D eigenvalue weighted by Gasteiger charge is -2.37. The Morgan fingerprint density at radius 2 is 2.00 bits per heavy atom. The lowest BCUT2D eigenvalue weighted by Crippen LogP contribution is -2.42. The third-order valence-electron chi connectivity index (χ3n) is 5.78. The summed E-state index contributed by atoms with van der Waals surface area (Å²) in [5, 5.41) is 28.3. The number of carbonyl (C=O) groups excluding carboxylic acids is 1. The number of allylic oxidation sites excluding steroid dienone is 1. The number of hydrogen-bond acceptors (Lipinski definition) is 5. The second kappa shape index (κ2) is 8.14. The van der Waals surface area contributed by atoms with Crippen molar-refractivity contribution in [3.8, 4) is 0 Å². The van der Waals surface area contributed by atoms with E-state index in [4.69, 9.17) is 0 Å². The van der Waals surface area contributed by atoms with Crippen LogP contribution in [0.4, 0.5) is 13.2 Å². The van der Waals surface area contributed by atoms with E-state index in [1.165, 1.54) is 18.1 Å². The Morgan fingerprint density at radius 3 is 2.57 bits per heavy atom. The van der Waals surface area contributed by atoms with E-state index in [-0.39, 0.29) is 29.3 Å². The number of amides is 1. The summed E-state index contributed by atoms with van der Waals surface area (Å²) in [7, 11) is 1.41. The van der Waals surface area contributed by atoms with Crippen LogP contribution in [0.25, 0.3) is 0 Å². The molecule has 1 fully saturated rings. The second-order valence-corrected chi connectivity index (χ2v) is 7.58. The average Bonchev–Trinajstić information content (AvgIpc) is 3.19. The van der Waals surface area contributed by atoms with Crippen LogP contribution in [0.2, 0.25) is 0 Å². The predicted molar refractivity (Wildman–Crippen MR) is 106 cm³/mol. The van der Waals surface area contributed by atoms with Crippen molar-refractivity contribution in [2.24, 2.45) is 5.10 Å². The Hall–Kier alpha value is -2.81. The van der Waals surface area contributed by atoms with E-state index >= 15 is 0 Å². The molecule has 3 N–H and O–H groups in total. The topological polar surface area (TPSA) is 85.2 Å². The Balaban J connectivity index is 2.04. The zero-order valence-corrected chi connectivity index (χ0v) is 16.6. The Kier molecular flexibility index (Phi) is 5.94. The van der Waals surface area contributed by atoms with Crippen molar-refractivity contribution < 1.29 is 28.2 Å². The van der Waals surface area contributed by atoms with Gasteiger partial charge in [-0.25, -0.2) is 0 Å². The molecular weight excluding hydrogens is 399 g/mol. The van der Waals surface area contributed by atoms with Crippen LogP contribution in [-0.4, -0.2) is 47.0 Å². The normalized spacial score (nSPS) is 19.2. The van der Waals surface area contributed by atoms with Crippen molar-refractivity contribution in [2.75, 3.05) is 20.2 Å². The van der Waals surface area contributed by atoms with Crippen LogP contribution < -0.4 is 5.32 Å². The summed E-state index contributed by atoms with van der Waals surface area (Å²) in [6.45, 7) is 3.21. The number of rotatable bonds is 5. The number of nitrogens with one attached hydrogen (secondary N) is 1. The van der Waals surface area contributed by atoms with Gasteiger partial charge in [0.25, 0.3) is 5.91 Å². The van der Waals surface area contributed by atoms with Gasteiger partial charge in [-0.05, 0) is 24.5 Å². The molecule has 1 aromatic carbocycles. The smallest absolute Gasteiger partial charge is 0.416 e. The number of hydrogen-bond donors (Lipinski definition) is 3. The Morgan fingerprint density at radius 1 is 1.33 bits per heavy atom. The van der Waals surface area contributed by atoms with E-state index in [2.05, 4.69) is 17.0 Å². The van der Waals surface area contributed by atoms with Crippen molar-refractivity contribution in [3.63, 3.8) is 0 Å². The molecule has 1 amide bonds. The molecule has 1 aliphatic carbocycles. The molecule has 1 aromatic rings. The van der Waals surface area contributed by atoms with E-state index in [1.54, 1.807) is 6.07 Å². The van der Waals surface area contributed by atoms with Gasteiger partial charge in [0, 0.05) is 18.0 Å². The molecule has 162 valence electrons. The molecule has 1 heterocycles. The summed E-state index contributed by atoms with van der Waals surface area (Å²) in [5.74, 6) is -0.920. The minimum absolute atomic E-state index is 0.0193. The molecule has 0 spiro atoms. The van der Waals surface area contributed by atoms with Gasteiger partial charge in [-0.2, -0.15) is 18.3 Å². The fraction of sp³-hybridized carbons (Fsp3) is 0.429. The van der Waals surface area contributed by atoms with Crippen LogP contribution in [0.1, 0.15) is 36.8 Å². The van der Waals surface area contributed by atoms with Gasteiger partial charge >= 0.3 is 6.18 Å². The van der Waals surface area contributed by atoms with Crippen molar-refractivity contribution in [1.29, 1.82) is 0 Å². The van der Waals surface area contributed by atoms with Crippen molar-refractivity contribution in [1.82, 2.24) is 10.3 Å². The summed E-state index contributed by atoms with van der Waals surface area (Å²) < 4.78 is 39.8. The highest BCUT2D eigenvalue weighted by Gasteiger charge is 2.41. The molecule has 9 heteroatoms. The minimum Gasteiger partial charge on any atom is -0.505 e. The summed E-state index contributed by atoms with van der Waals surface area (Å²) in [6.07, 6.45) is -1.57. The first kappa shape index (κ1) is 21.9. The number of aliphatic hydroxyl groups is 2. The first-order valence-corrected chi connectivity index (χ1v) is 9.61. The fourth-order valence-corrected chi connectivity index (χ4v) is 4.14. The summed E-state index contributed by atoms with van der Waals surface area (Å²) in [5.41, 5.74) is -0.941. The molecule has 3 rings (SSSR count). The van der Waals surface area contributed by atoms with Crippen LogP contribution in [0.3, 0.4) is 0 Å². The lowest BCUT2D eigenvalue weighted by molar-refractivity contribution is -0.137. The van der Waals surface area contributed by atoms with Crippen LogP contribution in [-0.2, 0) is 16.4 Å². The second-order valence-electron chi connectivity index (χ2n) is 7.58. The highest BCUT2D eigenvalue weighted by Crippen LogP contribution is 2.44. The molecule has 0 aromatic heterocycles. The maximum Gasteiger partial charge on any atom is 0.416 e. The van der Waals surface area contributed by atoms with E-state index < -0.39 is 29.7 Å². The molecule has 0 radical (unpaired) electrons. The van der Waals surface area contributed by atoms with E-state index in [0.717, 1.165) is 25.0 Å². The van der Waals surface area contributed by atoms with Crippen molar-refractivity contribution in [2.45, 2.75) is 37.3 Å². The van der Waals surface area contributed by atoms with Crippen LogP contribution in [0.15, 0.2) is 53.0 Å². The predicted octanol–water partition coefficient (Wildman–Crippen LogP) is 3.25. The van der Waals surface area contributed by atoms with Gasteiger partial charge in [0.1, 0.15) is 11.5 Å². The van der Waals surface area contributed by atoms with Crippen LogP contribution in [0.5, 0.6) is 0 Å². The lowest BCUT2D eigenvalue weighted by atomic mass is 9.78. The molecule has 0 saturated heterocycles. The first-order chi connectivity index (χ1) is 14.1. The van der Waals surface area contributed by atoms with E-state index in [9.17, 15) is 28.2 Å². The van der Waals surface area contributed by atoms with Gasteiger partial charge in [-0.1, -0.05) is 37.6 Å². The zero-order chi connectivity index (χ0) is 22.1. The molecule has 0 atom stereocenters. The number of halogens is 3. The monoisotopic (exact) mass is 423 g/mol. The fourth-order valence-electron chi connectivity index (χ4n) is 4.14. The SMILES string of the molecule is C=C1C(C(=O)NC)=NN(CC2(c3cccc(C(F)(F)F)c3)CCCC2)C(CO)=C1O. The summed E-state index contributed by atoms with van der Waals surface area (Å²) >= 11 is 0. The van der Waals surface area contributed by atoms with E-state index in [0.29, 0.717) is 18.4 Å². The molecule has 30 heavy (non-hydrogen) atoms. The first-order valence-electron chi connectivity index (χ1n) is 9.61. The molecular formula is C21H24F3N3O3. The molecule has 0 unspecified atom stereocenters. The van der Waals surface area contributed by atoms with Crippen molar-refractivity contribution in [3.05, 3.63) is 59.0 Å². The van der Waals surface area contributed by atoms with Gasteiger partial charge < -0.3 is 15.5 Å². The molecule has 0 bridgehead atoms. The van der Waals surface area contributed by atoms with Gasteiger partial charge in [-0.15, -0.1) is 0 Å². The summed E-state index contributed by atoms with van der Waals surface area (Å²) in [6, 6.07) is 5.23. The number of carbonyl (C=O) groups is 1. The zero-order valence-electron chi connectivity index (χ0n) is 16.6. The molecule has 1 aliphatic heterocycles. The standard InChI is InChI=1S/C21H24F3N3O3/c1-13-17(19(30)25-2)26-27(16(11-28)18(13)29)12-20(8-3-4-9-20)14-6-5-7-15(10-14)21(22,23)24/h5-7,10,28-29H,1,3-4,8-9,11-12H2,2H3,(H,25,30). The number of nitrogens with zero attached hydrogens (tertiary/aromatic N) is 2. The number of alkyl halides is 3. The molecule has 2 aliphatic rings. The van der Waals surface area contributed by atoms with Crippen molar-refractivity contribution >= 4 is 11.6 Å².